The van der Waals surface area contributed by atoms with Crippen molar-refractivity contribution in [3.8, 4) is 23.0 Å². The number of aliphatic hydroxyl groups excluding tert-OH is 1. The molecule has 6 rings (SSSR count). The average Bonchev–Trinajstić information content (AvgIpc) is 3.59. The Morgan fingerprint density at radius 2 is 1.97 bits per heavy atom. The smallest absolute Gasteiger partial charge is 0.165 e. The molecule has 7 nitrogen and oxygen atoms in total. The minimum absolute atomic E-state index is 0.0286. The summed E-state index contributed by atoms with van der Waals surface area (Å²) < 4.78 is 1.78. The lowest BCUT2D eigenvalue weighted by molar-refractivity contribution is -0.123. The number of benzene rings is 2. The molecule has 0 unspecified atom stereocenters. The van der Waals surface area contributed by atoms with Crippen LogP contribution in [0, 0.1) is 23.2 Å². The third kappa shape index (κ3) is 3.14. The van der Waals surface area contributed by atoms with Gasteiger partial charge in [-0.15, -0.1) is 0 Å². The largest absolute Gasteiger partial charge is 0.515 e. The lowest BCUT2D eigenvalue weighted by Gasteiger charge is -2.50. The number of aromatic nitrogens is 4. The molecule has 2 aromatic heterocycles. The first-order valence-electron chi connectivity index (χ1n) is 12.1. The molecule has 0 saturated heterocycles. The number of rotatable bonds is 3. The summed E-state index contributed by atoms with van der Waals surface area (Å²) in [5, 5.41) is 31.7. The van der Waals surface area contributed by atoms with Crippen LogP contribution in [0.4, 0.5) is 0 Å². The van der Waals surface area contributed by atoms with Crippen molar-refractivity contribution in [3.05, 3.63) is 101 Å². The fraction of sp³-hybridized carbons (Fsp3) is 0.241. The van der Waals surface area contributed by atoms with Gasteiger partial charge in [-0.05, 0) is 55.0 Å². The molecule has 0 radical (unpaired) electrons. The van der Waals surface area contributed by atoms with Crippen molar-refractivity contribution >= 4 is 5.78 Å². The monoisotopic (exact) mass is 475 g/mol. The minimum atomic E-state index is -0.481. The maximum Gasteiger partial charge on any atom is 0.165 e. The zero-order valence-corrected chi connectivity index (χ0v) is 19.8. The molecule has 0 spiro atoms. The van der Waals surface area contributed by atoms with E-state index in [0.717, 1.165) is 52.9 Å². The van der Waals surface area contributed by atoms with E-state index in [9.17, 15) is 9.90 Å². The molecule has 178 valence electrons. The number of ketones is 1. The first-order valence-corrected chi connectivity index (χ1v) is 12.1. The van der Waals surface area contributed by atoms with Crippen molar-refractivity contribution in [2.45, 2.75) is 31.6 Å². The molecule has 2 aliphatic carbocycles. The van der Waals surface area contributed by atoms with Crippen LogP contribution < -0.4 is 0 Å². The van der Waals surface area contributed by atoms with Crippen molar-refractivity contribution in [2.75, 3.05) is 0 Å². The predicted molar refractivity (Wildman–Crippen MR) is 134 cm³/mol. The Hall–Kier alpha value is -4.44. The summed E-state index contributed by atoms with van der Waals surface area (Å²) in [5.41, 5.74) is 6.48. The topological polar surface area (TPSA) is 108 Å². The fourth-order valence-corrected chi connectivity index (χ4v) is 6.29. The highest BCUT2D eigenvalue weighted by atomic mass is 16.2. The summed E-state index contributed by atoms with van der Waals surface area (Å²) in [4.78, 5) is 13.0. The number of H-pyrrole nitrogens is 1. The Morgan fingerprint density at radius 3 is 2.69 bits per heavy atom. The van der Waals surface area contributed by atoms with Crippen LogP contribution in [0.5, 0.6) is 0 Å². The first-order chi connectivity index (χ1) is 17.6. The van der Waals surface area contributed by atoms with Crippen molar-refractivity contribution in [2.24, 2.45) is 11.8 Å². The Bertz CT molecular complexity index is 1520. The van der Waals surface area contributed by atoms with E-state index >= 15 is 0 Å². The van der Waals surface area contributed by atoms with Gasteiger partial charge in [-0.3, -0.25) is 9.89 Å². The highest BCUT2D eigenvalue weighted by Gasteiger charge is 2.55. The number of nitrogens with one attached hydrogen (secondary N) is 1. The number of aromatic amines is 1. The van der Waals surface area contributed by atoms with Crippen LogP contribution in [0.3, 0.4) is 0 Å². The van der Waals surface area contributed by atoms with Crippen LogP contribution in [0.25, 0.3) is 16.9 Å². The number of aliphatic hydroxyl groups is 1. The van der Waals surface area contributed by atoms with E-state index < -0.39 is 5.41 Å². The summed E-state index contributed by atoms with van der Waals surface area (Å²) in [6.45, 7) is 1.98. The Labute approximate surface area is 208 Å². The molecule has 36 heavy (non-hydrogen) atoms. The zero-order valence-electron chi connectivity index (χ0n) is 19.8. The maximum absolute atomic E-state index is 13.0. The normalized spacial score (nSPS) is 24.2. The summed E-state index contributed by atoms with van der Waals surface area (Å²) in [5.74, 6) is -0.0874. The molecule has 2 aromatic carbocycles. The van der Waals surface area contributed by atoms with E-state index in [1.807, 2.05) is 49.6 Å². The second kappa shape index (κ2) is 8.35. The molecule has 0 aliphatic heterocycles. The van der Waals surface area contributed by atoms with E-state index in [-0.39, 0.29) is 17.6 Å². The zero-order chi connectivity index (χ0) is 24.9. The lowest BCUT2D eigenvalue weighted by Crippen LogP contribution is -2.50. The number of carbonyl (C=O) groups is 1. The first kappa shape index (κ1) is 22.1. The number of hydrogen-bond donors (Lipinski definition) is 2. The van der Waals surface area contributed by atoms with Gasteiger partial charge in [-0.1, -0.05) is 37.3 Å². The molecule has 3 atom stereocenters. The number of nitriles is 1. The Balaban J connectivity index is 1.47. The van der Waals surface area contributed by atoms with Crippen molar-refractivity contribution in [1.82, 2.24) is 20.0 Å². The third-order valence-electron chi connectivity index (χ3n) is 8.02. The minimum Gasteiger partial charge on any atom is -0.515 e. The summed E-state index contributed by atoms with van der Waals surface area (Å²) >= 11 is 0. The number of Topliss-reactive ketones (excluding diaryl/α,β-unsaturated/α-hetero) is 1. The molecule has 0 amide bonds. The van der Waals surface area contributed by atoms with Gasteiger partial charge in [0.1, 0.15) is 0 Å². The average molecular weight is 476 g/mol. The van der Waals surface area contributed by atoms with E-state index in [1.54, 1.807) is 16.8 Å². The second-order valence-corrected chi connectivity index (χ2v) is 9.72. The second-order valence-electron chi connectivity index (χ2n) is 9.72. The van der Waals surface area contributed by atoms with Crippen LogP contribution in [0.1, 0.15) is 42.1 Å². The molecule has 7 heteroatoms. The van der Waals surface area contributed by atoms with Gasteiger partial charge in [0.25, 0.3) is 0 Å². The van der Waals surface area contributed by atoms with Gasteiger partial charge < -0.3 is 5.11 Å². The van der Waals surface area contributed by atoms with Crippen LogP contribution in [0.15, 0.2) is 78.8 Å². The third-order valence-corrected chi connectivity index (χ3v) is 8.02. The summed E-state index contributed by atoms with van der Waals surface area (Å²) in [6, 6.07) is 19.7. The van der Waals surface area contributed by atoms with E-state index in [2.05, 4.69) is 28.4 Å². The van der Waals surface area contributed by atoms with Crippen molar-refractivity contribution in [1.29, 1.82) is 5.26 Å². The lowest BCUT2D eigenvalue weighted by atomic mass is 9.52. The van der Waals surface area contributed by atoms with Crippen molar-refractivity contribution in [3.63, 3.8) is 0 Å². The van der Waals surface area contributed by atoms with Gasteiger partial charge in [0, 0.05) is 34.2 Å². The van der Waals surface area contributed by atoms with Crippen LogP contribution in [-0.4, -0.2) is 30.9 Å². The fourth-order valence-electron chi connectivity index (χ4n) is 6.29. The van der Waals surface area contributed by atoms with E-state index in [1.165, 1.54) is 0 Å². The van der Waals surface area contributed by atoms with Crippen molar-refractivity contribution < 1.29 is 9.90 Å². The maximum atomic E-state index is 13.0. The highest BCUT2D eigenvalue weighted by Crippen LogP contribution is 2.56. The van der Waals surface area contributed by atoms with Gasteiger partial charge >= 0.3 is 0 Å². The molecule has 1 saturated carbocycles. The SMILES string of the molecule is C[C@@H]1C(=O)/C(=C\O)C[C@]2(c3ccccc3)c3[nH]nc(-c4cnn(-c5ccc(C#N)cc5)c4)c3CC[C@@H]12. The molecular formula is C29H25N5O2. The van der Waals surface area contributed by atoms with Gasteiger partial charge in [-0.2, -0.15) is 15.5 Å². The van der Waals surface area contributed by atoms with Gasteiger partial charge in [0.2, 0.25) is 0 Å². The number of fused-ring (bicyclic) bond motifs is 3. The quantitative estimate of drug-likeness (QED) is 0.319. The molecule has 2 N–H and O–H groups in total. The molecule has 2 heterocycles. The van der Waals surface area contributed by atoms with Crippen LogP contribution >= 0.6 is 0 Å². The molecule has 4 aromatic rings. The van der Waals surface area contributed by atoms with E-state index in [0.29, 0.717) is 17.6 Å². The number of hydrogen-bond acceptors (Lipinski definition) is 5. The van der Waals surface area contributed by atoms with Crippen LogP contribution in [-0.2, 0) is 16.6 Å². The van der Waals surface area contributed by atoms with Crippen LogP contribution in [0.2, 0.25) is 0 Å². The van der Waals surface area contributed by atoms with Gasteiger partial charge in [-0.25, -0.2) is 4.68 Å². The number of allylic oxidation sites excluding steroid dienone is 1. The number of nitrogens with zero attached hydrogens (tertiary/aromatic N) is 4. The molecular weight excluding hydrogens is 450 g/mol. The molecule has 0 bridgehead atoms. The highest BCUT2D eigenvalue weighted by molar-refractivity contribution is 5.98. The molecule has 2 aliphatic rings. The summed E-state index contributed by atoms with van der Waals surface area (Å²) in [7, 11) is 0. The Kier molecular flexibility index (Phi) is 5.11. The predicted octanol–water partition coefficient (Wildman–Crippen LogP) is 5.03. The van der Waals surface area contributed by atoms with Gasteiger partial charge in [0.15, 0.2) is 5.78 Å². The molecule has 1 fully saturated rings. The number of carbonyl (C=O) groups excluding carboxylic acids is 1. The Morgan fingerprint density at radius 1 is 1.19 bits per heavy atom. The standard InChI is InChI=1S/C29H25N5O2/c1-18-25-12-11-24-26(21-15-31-34(16-21)23-9-7-19(14-30)8-10-23)32-33-28(24)29(25,13-20(17-35)27(18)36)22-5-3-2-4-6-22/h2-10,15-18,25,35H,11-13H2,1H3,(H,32,33)/b20-17-/t18-,25-,29+/m0/s1. The summed E-state index contributed by atoms with van der Waals surface area (Å²) in [6.07, 6.45) is 6.84. The van der Waals surface area contributed by atoms with E-state index in [4.69, 9.17) is 10.4 Å². The van der Waals surface area contributed by atoms with Gasteiger partial charge in [0.05, 0.1) is 41.2 Å².